The van der Waals surface area contributed by atoms with Crippen LogP contribution in [0.1, 0.15) is 30.3 Å². The molecule has 0 spiro atoms. The predicted molar refractivity (Wildman–Crippen MR) is 100 cm³/mol. The molecule has 8 heteroatoms. The van der Waals surface area contributed by atoms with Crippen molar-refractivity contribution < 1.29 is 14.4 Å². The van der Waals surface area contributed by atoms with Crippen molar-refractivity contribution in [3.8, 4) is 0 Å². The second-order valence-electron chi connectivity index (χ2n) is 6.14. The van der Waals surface area contributed by atoms with E-state index in [1.807, 2.05) is 30.3 Å². The summed E-state index contributed by atoms with van der Waals surface area (Å²) in [5, 5.41) is 7.54. The quantitative estimate of drug-likeness (QED) is 0.863. The number of thiazole rings is 1. The molecule has 1 aliphatic rings. The average molecular weight is 372 g/mol. The molecule has 0 saturated carbocycles. The van der Waals surface area contributed by atoms with Crippen molar-refractivity contribution in [2.24, 2.45) is 5.92 Å². The van der Waals surface area contributed by atoms with Crippen LogP contribution in [-0.2, 0) is 9.59 Å². The van der Waals surface area contributed by atoms with E-state index in [9.17, 15) is 14.4 Å². The molecule has 136 valence electrons. The highest BCUT2D eigenvalue weighted by Gasteiger charge is 2.28. The van der Waals surface area contributed by atoms with Gasteiger partial charge in [-0.05, 0) is 25.0 Å². The number of nitrogens with zero attached hydrogens (tertiary/aromatic N) is 2. The number of carbonyl (C=O) groups excluding carboxylic acids is 3. The first-order valence-electron chi connectivity index (χ1n) is 8.41. The average Bonchev–Trinajstić information content (AvgIpc) is 3.10. The van der Waals surface area contributed by atoms with E-state index < -0.39 is 0 Å². The number of piperidine rings is 1. The Bertz CT molecular complexity index is 798. The van der Waals surface area contributed by atoms with Crippen LogP contribution in [0.3, 0.4) is 0 Å². The van der Waals surface area contributed by atoms with Crippen molar-refractivity contribution in [3.63, 3.8) is 0 Å². The van der Waals surface area contributed by atoms with E-state index in [-0.39, 0.29) is 23.6 Å². The highest BCUT2D eigenvalue weighted by atomic mass is 32.1. The third kappa shape index (κ3) is 4.45. The van der Waals surface area contributed by atoms with Crippen LogP contribution in [0.15, 0.2) is 35.7 Å². The molecule has 1 saturated heterocycles. The molecular weight excluding hydrogens is 352 g/mol. The number of anilines is 2. The fourth-order valence-corrected chi connectivity index (χ4v) is 3.58. The van der Waals surface area contributed by atoms with Crippen molar-refractivity contribution in [2.75, 3.05) is 23.7 Å². The Morgan fingerprint density at radius 2 is 1.81 bits per heavy atom. The van der Waals surface area contributed by atoms with Crippen LogP contribution >= 0.6 is 11.3 Å². The maximum Gasteiger partial charge on any atom is 0.273 e. The molecule has 1 aliphatic heterocycles. The van der Waals surface area contributed by atoms with Crippen molar-refractivity contribution in [1.29, 1.82) is 0 Å². The summed E-state index contributed by atoms with van der Waals surface area (Å²) in [4.78, 5) is 41.8. The maximum atomic E-state index is 12.5. The van der Waals surface area contributed by atoms with E-state index in [1.165, 1.54) is 18.3 Å². The van der Waals surface area contributed by atoms with E-state index in [4.69, 9.17) is 0 Å². The summed E-state index contributed by atoms with van der Waals surface area (Å²) in [6.45, 7) is 2.42. The lowest BCUT2D eigenvalue weighted by Gasteiger charge is -2.30. The Morgan fingerprint density at radius 3 is 2.46 bits per heavy atom. The molecule has 0 atom stereocenters. The number of benzene rings is 1. The zero-order chi connectivity index (χ0) is 18.5. The van der Waals surface area contributed by atoms with Gasteiger partial charge in [-0.1, -0.05) is 18.2 Å². The molecule has 2 aromatic rings. The van der Waals surface area contributed by atoms with E-state index >= 15 is 0 Å². The number of hydrogen-bond donors (Lipinski definition) is 2. The number of amides is 3. The molecule has 3 amide bonds. The van der Waals surface area contributed by atoms with Gasteiger partial charge in [0.2, 0.25) is 11.8 Å². The highest BCUT2D eigenvalue weighted by Crippen LogP contribution is 2.22. The fourth-order valence-electron chi connectivity index (χ4n) is 2.85. The Balaban J connectivity index is 1.53. The molecule has 0 radical (unpaired) electrons. The van der Waals surface area contributed by atoms with E-state index in [1.54, 1.807) is 10.3 Å². The first-order valence-corrected chi connectivity index (χ1v) is 9.29. The van der Waals surface area contributed by atoms with Gasteiger partial charge in [0.25, 0.3) is 5.91 Å². The van der Waals surface area contributed by atoms with Gasteiger partial charge in [0, 0.05) is 37.0 Å². The molecule has 0 bridgehead atoms. The van der Waals surface area contributed by atoms with Gasteiger partial charge in [0.15, 0.2) is 5.13 Å². The molecular formula is C18H20N4O3S. The van der Waals surface area contributed by atoms with E-state index in [0.29, 0.717) is 36.8 Å². The van der Waals surface area contributed by atoms with Crippen LogP contribution in [0.2, 0.25) is 0 Å². The van der Waals surface area contributed by atoms with Crippen molar-refractivity contribution in [2.45, 2.75) is 19.8 Å². The fraction of sp³-hybridized carbons (Fsp3) is 0.333. The number of carbonyl (C=O) groups is 3. The lowest BCUT2D eigenvalue weighted by atomic mass is 9.95. The van der Waals surface area contributed by atoms with Crippen LogP contribution < -0.4 is 10.6 Å². The van der Waals surface area contributed by atoms with Gasteiger partial charge in [-0.15, -0.1) is 11.3 Å². The summed E-state index contributed by atoms with van der Waals surface area (Å²) in [5.74, 6) is -0.502. The predicted octanol–water partition coefficient (Wildman–Crippen LogP) is 2.59. The van der Waals surface area contributed by atoms with E-state index in [0.717, 1.165) is 5.69 Å². The summed E-state index contributed by atoms with van der Waals surface area (Å²) < 4.78 is 0. The van der Waals surface area contributed by atoms with Crippen molar-refractivity contribution in [3.05, 3.63) is 41.4 Å². The number of aromatic nitrogens is 1. The van der Waals surface area contributed by atoms with E-state index in [2.05, 4.69) is 15.6 Å². The minimum Gasteiger partial charge on any atom is -0.337 e. The molecule has 0 unspecified atom stereocenters. The molecule has 7 nitrogen and oxygen atoms in total. The summed E-state index contributed by atoms with van der Waals surface area (Å²) in [6.07, 6.45) is 1.24. The maximum absolute atomic E-state index is 12.5. The highest BCUT2D eigenvalue weighted by molar-refractivity contribution is 7.14. The molecule has 1 aromatic heterocycles. The smallest absolute Gasteiger partial charge is 0.273 e. The molecule has 1 fully saturated rings. The molecule has 2 N–H and O–H groups in total. The van der Waals surface area contributed by atoms with Crippen molar-refractivity contribution in [1.82, 2.24) is 9.88 Å². The number of hydrogen-bond acceptors (Lipinski definition) is 5. The summed E-state index contributed by atoms with van der Waals surface area (Å²) in [5.41, 5.74) is 1.11. The van der Waals surface area contributed by atoms with Gasteiger partial charge in [-0.3, -0.25) is 14.4 Å². The Hall–Kier alpha value is -2.74. The Morgan fingerprint density at radius 1 is 1.12 bits per heavy atom. The number of nitrogens with one attached hydrogen (secondary N) is 2. The van der Waals surface area contributed by atoms with Crippen LogP contribution in [0.4, 0.5) is 10.8 Å². The van der Waals surface area contributed by atoms with Crippen LogP contribution in [0.5, 0.6) is 0 Å². The number of likely N-dealkylation sites (tertiary alicyclic amines) is 1. The monoisotopic (exact) mass is 372 g/mol. The van der Waals surface area contributed by atoms with Crippen molar-refractivity contribution >= 4 is 39.9 Å². The third-order valence-corrected chi connectivity index (χ3v) is 4.96. The van der Waals surface area contributed by atoms with Gasteiger partial charge in [-0.25, -0.2) is 4.98 Å². The van der Waals surface area contributed by atoms with Gasteiger partial charge in [0.1, 0.15) is 5.69 Å². The second-order valence-corrected chi connectivity index (χ2v) is 7.00. The van der Waals surface area contributed by atoms with Crippen LogP contribution in [0.25, 0.3) is 0 Å². The summed E-state index contributed by atoms with van der Waals surface area (Å²) in [6, 6.07) is 9.35. The second kappa shape index (κ2) is 8.09. The first-order chi connectivity index (χ1) is 12.5. The van der Waals surface area contributed by atoms with Crippen LogP contribution in [0, 0.1) is 5.92 Å². The molecule has 2 heterocycles. The number of para-hydroxylation sites is 1. The van der Waals surface area contributed by atoms with Gasteiger partial charge in [-0.2, -0.15) is 0 Å². The molecule has 3 rings (SSSR count). The zero-order valence-corrected chi connectivity index (χ0v) is 15.2. The topological polar surface area (TPSA) is 91.4 Å². The van der Waals surface area contributed by atoms with Gasteiger partial charge < -0.3 is 15.5 Å². The third-order valence-electron chi connectivity index (χ3n) is 4.20. The molecule has 1 aromatic carbocycles. The summed E-state index contributed by atoms with van der Waals surface area (Å²) in [7, 11) is 0. The van der Waals surface area contributed by atoms with Gasteiger partial charge in [0.05, 0.1) is 0 Å². The molecule has 0 aliphatic carbocycles. The van der Waals surface area contributed by atoms with Crippen LogP contribution in [-0.4, -0.2) is 40.7 Å². The largest absolute Gasteiger partial charge is 0.337 e. The summed E-state index contributed by atoms with van der Waals surface area (Å²) >= 11 is 1.22. The number of rotatable bonds is 4. The normalized spacial score (nSPS) is 14.7. The minimum absolute atomic E-state index is 0.00935. The SMILES string of the molecule is CC(=O)Nc1nc(C(=O)N2CCC(C(=O)Nc3ccccc3)CC2)cs1. The zero-order valence-electron chi connectivity index (χ0n) is 14.4. The minimum atomic E-state index is -0.219. The standard InChI is InChI=1S/C18H20N4O3S/c1-12(23)19-18-21-15(11-26-18)17(25)22-9-7-13(8-10-22)16(24)20-14-5-3-2-4-6-14/h2-6,11,13H,7-10H2,1H3,(H,20,24)(H,19,21,23). The molecule has 26 heavy (non-hydrogen) atoms. The Labute approximate surface area is 155 Å². The lowest BCUT2D eigenvalue weighted by Crippen LogP contribution is -2.41. The lowest BCUT2D eigenvalue weighted by molar-refractivity contribution is -0.121. The van der Waals surface area contributed by atoms with Gasteiger partial charge >= 0.3 is 0 Å². The Kier molecular flexibility index (Phi) is 5.62. The first kappa shape index (κ1) is 18.1.